The van der Waals surface area contributed by atoms with Crippen LogP contribution in [0.25, 0.3) is 112 Å². The summed E-state index contributed by atoms with van der Waals surface area (Å²) in [5, 5.41) is 10.9. The summed E-state index contributed by atoms with van der Waals surface area (Å²) in [7, 11) is 0. The zero-order valence-corrected chi connectivity index (χ0v) is 75.3. The molecule has 0 aliphatic rings. The van der Waals surface area contributed by atoms with Gasteiger partial charge in [-0.05, 0) is 210 Å². The minimum atomic E-state index is -4.76. The number of benzene rings is 11. The van der Waals surface area contributed by atoms with Gasteiger partial charge in [0.25, 0.3) is 35.9 Å². The van der Waals surface area contributed by atoms with E-state index in [-0.39, 0.29) is 56.8 Å². The van der Waals surface area contributed by atoms with Gasteiger partial charge in [-0.15, -0.1) is 0 Å². The number of imidazole rings is 4. The number of pyridine rings is 4. The summed E-state index contributed by atoms with van der Waals surface area (Å²) in [6, 6.07) is 70.7. The Kier molecular flexibility index (Phi) is 26.8. The van der Waals surface area contributed by atoms with Gasteiger partial charge in [-0.3, -0.25) is 36.8 Å². The molecule has 0 saturated heterocycles. The van der Waals surface area contributed by atoms with Crippen LogP contribution in [0.2, 0.25) is 0 Å². The van der Waals surface area contributed by atoms with E-state index < -0.39 is 87.7 Å². The molecule has 0 aliphatic carbocycles. The second-order valence-corrected chi connectivity index (χ2v) is 32.9. The minimum Gasteiger partial charge on any atom is -0.442 e. The van der Waals surface area contributed by atoms with Gasteiger partial charge in [0.15, 0.2) is 34.9 Å². The molecule has 0 aliphatic heterocycles. The van der Waals surface area contributed by atoms with Crippen LogP contribution >= 0.6 is 0 Å². The maximum Gasteiger partial charge on any atom is 0.417 e. The quantitative estimate of drug-likeness (QED) is 0.0633. The van der Waals surface area contributed by atoms with Gasteiger partial charge in [0.1, 0.15) is 29.6 Å². The average molecular weight is 1890 g/mol. The lowest BCUT2D eigenvalue weighted by Gasteiger charge is -2.15. The van der Waals surface area contributed by atoms with Crippen molar-refractivity contribution in [3.05, 3.63) is 436 Å². The number of carbonyl (C=O) groups is 4. The van der Waals surface area contributed by atoms with Crippen molar-refractivity contribution in [2.75, 3.05) is 21.3 Å². The fraction of sp³-hybridized carbons (Fsp3) is 0.0818. The van der Waals surface area contributed by atoms with Crippen LogP contribution in [-0.2, 0) is 6.18 Å². The van der Waals surface area contributed by atoms with E-state index in [9.17, 15) is 67.5 Å². The van der Waals surface area contributed by atoms with Crippen LogP contribution in [0.15, 0.2) is 327 Å². The van der Waals surface area contributed by atoms with Crippen molar-refractivity contribution in [1.29, 1.82) is 0 Å². The summed E-state index contributed by atoms with van der Waals surface area (Å²) in [6.45, 7) is 13.0. The molecule has 9 heterocycles. The van der Waals surface area contributed by atoms with Crippen LogP contribution < -0.4 is 21.3 Å². The number of fused-ring (bicyclic) bond motifs is 4. The molecular weight excluding hydrogens is 1810 g/mol. The highest BCUT2D eigenvalue weighted by atomic mass is 19.4. The molecule has 4 amide bonds. The van der Waals surface area contributed by atoms with Crippen LogP contribution in [0.4, 0.5) is 75.4 Å². The van der Waals surface area contributed by atoms with Crippen LogP contribution in [0, 0.1) is 89.2 Å². The fourth-order valence-electron chi connectivity index (χ4n) is 16.2. The molecule has 0 atom stereocenters. The molecular formula is C110H79F12N13O5. The zero-order valence-electron chi connectivity index (χ0n) is 75.3. The number of alkyl halides is 5. The van der Waals surface area contributed by atoms with Gasteiger partial charge in [0, 0.05) is 92.0 Å². The molecule has 0 radical (unpaired) electrons. The number of amides is 4. The van der Waals surface area contributed by atoms with E-state index in [4.69, 9.17) is 4.42 Å². The van der Waals surface area contributed by atoms with Gasteiger partial charge in [-0.1, -0.05) is 156 Å². The van der Waals surface area contributed by atoms with E-state index in [0.717, 1.165) is 74.4 Å². The number of nitrogens with one attached hydrogen (secondary N) is 4. The molecule has 0 fully saturated rings. The van der Waals surface area contributed by atoms with E-state index in [1.165, 1.54) is 85.4 Å². The number of anilines is 4. The van der Waals surface area contributed by atoms with E-state index in [0.29, 0.717) is 90.0 Å². The average Bonchev–Trinajstić information content (AvgIpc) is 1.57. The van der Waals surface area contributed by atoms with E-state index in [2.05, 4.69) is 46.2 Å². The highest BCUT2D eigenvalue weighted by Gasteiger charge is 2.36. The monoisotopic (exact) mass is 1890 g/mol. The summed E-state index contributed by atoms with van der Waals surface area (Å²) < 4.78 is 182. The molecule has 0 saturated carbocycles. The highest BCUT2D eigenvalue weighted by Crippen LogP contribution is 2.42. The maximum absolute atomic E-state index is 15.8. The lowest BCUT2D eigenvalue weighted by molar-refractivity contribution is -0.137. The van der Waals surface area contributed by atoms with Crippen LogP contribution in [0.1, 0.15) is 98.1 Å². The number of nitrogens with zero attached hydrogens (tertiary/aromatic N) is 9. The molecule has 140 heavy (non-hydrogen) atoms. The normalized spacial score (nSPS) is 11.3. The highest BCUT2D eigenvalue weighted by molar-refractivity contribution is 6.09. The predicted octanol–water partition coefficient (Wildman–Crippen LogP) is 27.8. The van der Waals surface area contributed by atoms with E-state index >= 15 is 4.39 Å². The third-order valence-corrected chi connectivity index (χ3v) is 23.4. The molecule has 0 unspecified atom stereocenters. The minimum absolute atomic E-state index is 0.00954. The Morgan fingerprint density at radius 2 is 0.721 bits per heavy atom. The summed E-state index contributed by atoms with van der Waals surface area (Å²) >= 11 is 0. The Labute approximate surface area is 791 Å². The van der Waals surface area contributed by atoms with E-state index in [1.807, 2.05) is 112 Å². The smallest absolute Gasteiger partial charge is 0.417 e. The summed E-state index contributed by atoms with van der Waals surface area (Å²) in [5.74, 6) is -7.46. The number of aryl methyl sites for hydroxylation is 7. The number of rotatable bonds is 17. The molecule has 20 rings (SSSR count). The van der Waals surface area contributed by atoms with Gasteiger partial charge in [-0.25, -0.2) is 64.4 Å². The zero-order chi connectivity index (χ0) is 98.6. The molecule has 30 heteroatoms. The third kappa shape index (κ3) is 19.5. The second kappa shape index (κ2) is 39.8. The van der Waals surface area contributed by atoms with Crippen molar-refractivity contribution in [2.24, 2.45) is 0 Å². The number of oxazole rings is 1. The van der Waals surface area contributed by atoms with Gasteiger partial charge in [0.05, 0.1) is 85.9 Å². The molecule has 20 aromatic rings. The van der Waals surface area contributed by atoms with Gasteiger partial charge in [-0.2, -0.15) is 13.2 Å². The first-order valence-electron chi connectivity index (χ1n) is 43.5. The summed E-state index contributed by atoms with van der Waals surface area (Å²) in [5.41, 5.74) is 13.3. The van der Waals surface area contributed by atoms with Crippen molar-refractivity contribution in [3.63, 3.8) is 0 Å². The summed E-state index contributed by atoms with van der Waals surface area (Å²) in [4.78, 5) is 73.7. The van der Waals surface area contributed by atoms with Gasteiger partial charge < -0.3 is 25.7 Å². The first-order chi connectivity index (χ1) is 67.3. The molecule has 9 aromatic heterocycles. The van der Waals surface area contributed by atoms with Crippen molar-refractivity contribution < 1.29 is 76.3 Å². The van der Waals surface area contributed by atoms with Crippen molar-refractivity contribution in [2.45, 2.75) is 61.1 Å². The molecule has 0 bridgehead atoms. The molecule has 11 aromatic carbocycles. The van der Waals surface area contributed by atoms with Gasteiger partial charge in [0.2, 0.25) is 5.82 Å². The Morgan fingerprint density at radius 1 is 0.343 bits per heavy atom. The van der Waals surface area contributed by atoms with Crippen LogP contribution in [0.3, 0.4) is 0 Å². The lowest BCUT2D eigenvalue weighted by Crippen LogP contribution is -2.19. The number of hydrogen-bond donors (Lipinski definition) is 4. The topological polar surface area (TPSA) is 212 Å². The van der Waals surface area contributed by atoms with Crippen molar-refractivity contribution in [1.82, 2.24) is 42.5 Å². The number of carbonyl (C=O) groups excluding carboxylic acids is 4. The van der Waals surface area contributed by atoms with E-state index in [1.54, 1.807) is 167 Å². The standard InChI is InChI=1S/C29H20F5N3O.C28H19F4N3O.C28H20F3N3O.C25H20N4O2/c1-16-8-11-19(12-9-16)36-28(38)22-15-18(10-13-23(22)29(32,33)34)20-6-4-14-37-26(20)17(2)35-27(37)21-5-3-7-24(30)25(21)31;1-16-7-10-18(11-8-16)34-28(36)22-14-17(9-12-20(22)26(31)32)19-5-3-13-35-24(19)15-33-27(35)21-4-2-6-23(29)25(21)30;1-16-8-11-18(12-9-16)33-28(35)24-17(2)10-13-20(26(24)31)19-6-4-14-34-23(19)15-32-27(34)21-5-3-7-22(29)25(21)30;1-16-5-9-19(10-6-16)28-24(30)21-14-18(8-7-17(21)2)20-4-3-12-29-22(20)15-27-23(29)25-26-11-13-31-25/h3-15H,1-2H3,(H,36,38);2-15,26H,1H3,(H,34,36);3-15H,1-2H3,(H,33,35);3-15H,1-2H3,(H,28,30). The first kappa shape index (κ1) is 94.2. The van der Waals surface area contributed by atoms with Crippen molar-refractivity contribution >= 4 is 68.4 Å². The molecule has 698 valence electrons. The maximum atomic E-state index is 15.8. The first-order valence-corrected chi connectivity index (χ1v) is 43.5. The number of halogens is 12. The molecule has 18 nitrogen and oxygen atoms in total. The second-order valence-electron chi connectivity index (χ2n) is 32.9. The Hall–Kier alpha value is -17.6. The number of aromatic nitrogens is 9. The Balaban J connectivity index is 0.000000129. The fourth-order valence-corrected chi connectivity index (χ4v) is 16.2. The third-order valence-electron chi connectivity index (χ3n) is 23.4. The Morgan fingerprint density at radius 3 is 1.19 bits per heavy atom. The lowest BCUT2D eigenvalue weighted by atomic mass is 9.97. The number of hydrogen-bond acceptors (Lipinski definition) is 10. The van der Waals surface area contributed by atoms with Crippen LogP contribution in [-0.4, -0.2) is 66.2 Å². The van der Waals surface area contributed by atoms with Crippen molar-refractivity contribution in [3.8, 4) is 90.4 Å². The SMILES string of the molecule is Cc1ccc(NC(=O)c2c(C)ccc(-c3cccn4c(-c5cccc(F)c5F)ncc34)c2F)cc1.Cc1ccc(NC(=O)c2cc(-c3cccn4c(-c5cccc(F)c5F)nc(C)c34)ccc2C(F)(F)F)cc1.Cc1ccc(NC(=O)c2cc(-c3cccn4c(-c5cccc(F)c5F)ncc34)ccc2C(F)F)cc1.Cc1ccc(NC(=O)c2cc(-c3cccn4c(-c5ncco5)ncc34)ccc2C)cc1. The largest absolute Gasteiger partial charge is 0.442 e. The molecule has 4 N–H and O–H groups in total. The Bertz CT molecular complexity index is 8160. The molecule has 0 spiro atoms. The van der Waals surface area contributed by atoms with Gasteiger partial charge >= 0.3 is 6.18 Å². The predicted molar refractivity (Wildman–Crippen MR) is 515 cm³/mol. The summed E-state index contributed by atoms with van der Waals surface area (Å²) in [6.07, 6.45) is 7.07. The van der Waals surface area contributed by atoms with Crippen LogP contribution in [0.5, 0.6) is 0 Å².